The fourth-order valence-corrected chi connectivity index (χ4v) is 1.26. The Morgan fingerprint density at radius 2 is 1.88 bits per heavy atom. The Bertz CT molecular complexity index is 472. The molecule has 3 nitrogen and oxygen atoms in total. The Labute approximate surface area is 95.6 Å². The third-order valence-corrected chi connectivity index (χ3v) is 2.09. The number of nitrogens with one attached hydrogen (secondary N) is 1. The summed E-state index contributed by atoms with van der Waals surface area (Å²) in [5.41, 5.74) is 0.0631. The van der Waals surface area contributed by atoms with Crippen LogP contribution in [0.4, 0.5) is 18.0 Å². The molecule has 17 heavy (non-hydrogen) atoms. The number of amides is 1. The molecule has 0 atom stereocenters. The van der Waals surface area contributed by atoms with Crippen LogP contribution in [0.2, 0.25) is 0 Å². The Hall–Kier alpha value is -1.98. The van der Waals surface area contributed by atoms with Gasteiger partial charge in [-0.25, -0.2) is 18.0 Å². The van der Waals surface area contributed by atoms with Gasteiger partial charge in [0, 0.05) is 18.2 Å². The Balaban J connectivity index is 2.94. The molecule has 0 saturated carbocycles. The minimum absolute atomic E-state index is 0.120. The van der Waals surface area contributed by atoms with Crippen molar-refractivity contribution in [1.82, 2.24) is 5.32 Å². The molecule has 0 heterocycles. The van der Waals surface area contributed by atoms with Gasteiger partial charge in [0.2, 0.25) is 0 Å². The van der Waals surface area contributed by atoms with Crippen LogP contribution < -0.4 is 5.32 Å². The lowest BCUT2D eigenvalue weighted by molar-refractivity contribution is 0.197. The number of benzene rings is 1. The first-order valence-electron chi connectivity index (χ1n) is 4.72. The first-order valence-corrected chi connectivity index (χ1v) is 4.72. The second-order valence-corrected chi connectivity index (χ2v) is 3.28. The van der Waals surface area contributed by atoms with E-state index in [1.165, 1.54) is 6.08 Å². The summed E-state index contributed by atoms with van der Waals surface area (Å²) in [4.78, 5) is 10.4. The SMILES string of the molecule is CC=C(Cc1cc(F)c(F)cc1F)NC(=O)O. The van der Waals surface area contributed by atoms with Gasteiger partial charge in [0.15, 0.2) is 11.6 Å². The van der Waals surface area contributed by atoms with E-state index in [1.807, 2.05) is 5.32 Å². The smallest absolute Gasteiger partial charge is 0.408 e. The summed E-state index contributed by atoms with van der Waals surface area (Å²) < 4.78 is 38.8. The van der Waals surface area contributed by atoms with Crippen LogP contribution in [0.1, 0.15) is 12.5 Å². The minimum Gasteiger partial charge on any atom is -0.465 e. The van der Waals surface area contributed by atoms with Crippen molar-refractivity contribution in [3.05, 3.63) is 46.9 Å². The zero-order valence-corrected chi connectivity index (χ0v) is 8.93. The maximum atomic E-state index is 13.3. The van der Waals surface area contributed by atoms with Gasteiger partial charge in [0.1, 0.15) is 5.82 Å². The molecule has 0 fully saturated rings. The average Bonchev–Trinajstić information content (AvgIpc) is 2.24. The van der Waals surface area contributed by atoms with E-state index in [0.717, 1.165) is 0 Å². The molecule has 92 valence electrons. The predicted octanol–water partition coefficient (Wildman–Crippen LogP) is 2.82. The predicted molar refractivity (Wildman–Crippen MR) is 54.9 cm³/mol. The molecule has 1 rings (SSSR count). The molecule has 0 aliphatic rings. The standard InChI is InChI=1S/C11H10F3NO2/c1-2-7(15-11(16)17)3-6-4-9(13)10(14)5-8(6)12/h2,4-5,15H,3H2,1H3,(H,16,17). The van der Waals surface area contributed by atoms with Crippen LogP contribution in [0.25, 0.3) is 0 Å². The van der Waals surface area contributed by atoms with Crippen LogP contribution in [0, 0.1) is 17.5 Å². The highest BCUT2D eigenvalue weighted by molar-refractivity contribution is 5.67. The van der Waals surface area contributed by atoms with E-state index in [9.17, 15) is 18.0 Å². The van der Waals surface area contributed by atoms with Gasteiger partial charge < -0.3 is 5.11 Å². The Morgan fingerprint density at radius 1 is 1.29 bits per heavy atom. The van der Waals surface area contributed by atoms with Crippen LogP contribution in [0.5, 0.6) is 0 Å². The summed E-state index contributed by atoms with van der Waals surface area (Å²) in [5.74, 6) is -3.37. The lowest BCUT2D eigenvalue weighted by Gasteiger charge is -2.08. The van der Waals surface area contributed by atoms with Gasteiger partial charge in [-0.15, -0.1) is 0 Å². The fourth-order valence-electron chi connectivity index (χ4n) is 1.26. The minimum atomic E-state index is -1.30. The lowest BCUT2D eigenvalue weighted by atomic mass is 10.1. The monoisotopic (exact) mass is 245 g/mol. The number of halogens is 3. The van der Waals surface area contributed by atoms with E-state index in [4.69, 9.17) is 5.11 Å². The van der Waals surface area contributed by atoms with Gasteiger partial charge in [0.25, 0.3) is 0 Å². The number of allylic oxidation sites excluding steroid dienone is 2. The topological polar surface area (TPSA) is 49.3 Å². The molecule has 0 saturated heterocycles. The van der Waals surface area contributed by atoms with E-state index in [1.54, 1.807) is 6.92 Å². The molecule has 1 amide bonds. The van der Waals surface area contributed by atoms with E-state index >= 15 is 0 Å². The van der Waals surface area contributed by atoms with Gasteiger partial charge in [-0.1, -0.05) is 6.08 Å². The normalized spacial score (nSPS) is 11.4. The summed E-state index contributed by atoms with van der Waals surface area (Å²) >= 11 is 0. The average molecular weight is 245 g/mol. The van der Waals surface area contributed by atoms with Gasteiger partial charge in [0.05, 0.1) is 0 Å². The Kier molecular flexibility index (Phi) is 4.14. The van der Waals surface area contributed by atoms with Crippen molar-refractivity contribution in [2.24, 2.45) is 0 Å². The fraction of sp³-hybridized carbons (Fsp3) is 0.182. The van der Waals surface area contributed by atoms with Crippen LogP contribution in [-0.2, 0) is 6.42 Å². The molecule has 0 spiro atoms. The van der Waals surface area contributed by atoms with Gasteiger partial charge >= 0.3 is 6.09 Å². The van der Waals surface area contributed by atoms with Crippen LogP contribution in [0.3, 0.4) is 0 Å². The number of carboxylic acid groups (broad SMARTS) is 1. The second-order valence-electron chi connectivity index (χ2n) is 3.28. The number of hydrogen-bond acceptors (Lipinski definition) is 1. The van der Waals surface area contributed by atoms with E-state index in [-0.39, 0.29) is 17.7 Å². The van der Waals surface area contributed by atoms with E-state index in [0.29, 0.717) is 12.1 Å². The van der Waals surface area contributed by atoms with Crippen molar-refractivity contribution in [1.29, 1.82) is 0 Å². The molecular formula is C11H10F3NO2. The highest BCUT2D eigenvalue weighted by Gasteiger charge is 2.12. The quantitative estimate of drug-likeness (QED) is 0.804. The van der Waals surface area contributed by atoms with Crippen molar-refractivity contribution in [3.63, 3.8) is 0 Å². The van der Waals surface area contributed by atoms with E-state index < -0.39 is 23.5 Å². The highest BCUT2D eigenvalue weighted by Crippen LogP contribution is 2.16. The highest BCUT2D eigenvalue weighted by atomic mass is 19.2. The summed E-state index contributed by atoms with van der Waals surface area (Å²) in [5, 5.41) is 10.5. The molecular weight excluding hydrogens is 235 g/mol. The maximum Gasteiger partial charge on any atom is 0.408 e. The molecule has 0 radical (unpaired) electrons. The zero-order chi connectivity index (χ0) is 13.0. The van der Waals surface area contributed by atoms with Crippen LogP contribution in [0.15, 0.2) is 23.9 Å². The first-order chi connectivity index (χ1) is 7.93. The molecule has 1 aromatic rings. The molecule has 0 aliphatic carbocycles. The Morgan fingerprint density at radius 3 is 2.41 bits per heavy atom. The lowest BCUT2D eigenvalue weighted by Crippen LogP contribution is -2.21. The number of carbonyl (C=O) groups is 1. The molecule has 0 aliphatic heterocycles. The molecule has 2 N–H and O–H groups in total. The van der Waals surface area contributed by atoms with Crippen molar-refractivity contribution < 1.29 is 23.1 Å². The van der Waals surface area contributed by atoms with Crippen molar-refractivity contribution in [2.75, 3.05) is 0 Å². The summed E-state index contributed by atoms with van der Waals surface area (Å²) in [7, 11) is 0. The molecule has 0 aromatic heterocycles. The summed E-state index contributed by atoms with van der Waals surface area (Å²) in [6.07, 6.45) is -0.0539. The summed E-state index contributed by atoms with van der Waals surface area (Å²) in [6.45, 7) is 1.54. The van der Waals surface area contributed by atoms with Crippen molar-refractivity contribution in [2.45, 2.75) is 13.3 Å². The van der Waals surface area contributed by atoms with Crippen molar-refractivity contribution in [3.8, 4) is 0 Å². The second kappa shape index (κ2) is 5.38. The van der Waals surface area contributed by atoms with Gasteiger partial charge in [-0.2, -0.15) is 0 Å². The van der Waals surface area contributed by atoms with E-state index in [2.05, 4.69) is 0 Å². The van der Waals surface area contributed by atoms with Crippen LogP contribution in [-0.4, -0.2) is 11.2 Å². The molecule has 0 bridgehead atoms. The first kappa shape index (κ1) is 13.1. The third kappa shape index (κ3) is 3.51. The number of rotatable bonds is 3. The van der Waals surface area contributed by atoms with Crippen LogP contribution >= 0.6 is 0 Å². The summed E-state index contributed by atoms with van der Waals surface area (Å²) in [6, 6.07) is 1.14. The largest absolute Gasteiger partial charge is 0.465 e. The molecule has 0 unspecified atom stereocenters. The zero-order valence-electron chi connectivity index (χ0n) is 8.93. The maximum absolute atomic E-state index is 13.3. The third-order valence-electron chi connectivity index (χ3n) is 2.09. The molecule has 6 heteroatoms. The van der Waals surface area contributed by atoms with Crippen molar-refractivity contribution >= 4 is 6.09 Å². The van der Waals surface area contributed by atoms with Gasteiger partial charge in [-0.3, -0.25) is 5.32 Å². The molecule has 1 aromatic carbocycles. The number of hydrogen-bond donors (Lipinski definition) is 2. The van der Waals surface area contributed by atoms with Gasteiger partial charge in [-0.05, 0) is 18.6 Å².